The molecule has 0 aliphatic carbocycles. The second kappa shape index (κ2) is 3.71. The lowest BCUT2D eigenvalue weighted by Gasteiger charge is -2.01. The zero-order valence-electron chi connectivity index (χ0n) is 7.62. The summed E-state index contributed by atoms with van der Waals surface area (Å²) >= 11 is 5.01. The average molecular weight is 269 g/mol. The molecule has 0 radical (unpaired) electrons. The molecule has 0 spiro atoms. The van der Waals surface area contributed by atoms with Crippen molar-refractivity contribution >= 4 is 33.0 Å². The van der Waals surface area contributed by atoms with E-state index in [0.29, 0.717) is 0 Å². The molecule has 2 rings (SSSR count). The Balaban J connectivity index is 2.47. The van der Waals surface area contributed by atoms with E-state index in [0.717, 1.165) is 25.6 Å². The topological polar surface area (TPSA) is 38.9 Å². The van der Waals surface area contributed by atoms with Gasteiger partial charge in [0.25, 0.3) is 0 Å². The summed E-state index contributed by atoms with van der Waals surface area (Å²) < 4.78 is 1.04. The van der Waals surface area contributed by atoms with Crippen LogP contribution in [0.25, 0.3) is 10.6 Å². The molecule has 1 heterocycles. The summed E-state index contributed by atoms with van der Waals surface area (Å²) in [5.74, 6) is 0. The van der Waals surface area contributed by atoms with Crippen LogP contribution in [0.5, 0.6) is 0 Å². The van der Waals surface area contributed by atoms with Gasteiger partial charge in [0.15, 0.2) is 0 Å². The van der Waals surface area contributed by atoms with Crippen LogP contribution in [0, 0.1) is 6.92 Å². The first-order valence-corrected chi connectivity index (χ1v) is 5.75. The SMILES string of the molecule is Cc1cc(-c2ncc(Br)s2)ccc1N. The molecule has 0 saturated heterocycles. The third-order valence-corrected chi connectivity index (χ3v) is 3.52. The van der Waals surface area contributed by atoms with Crippen LogP contribution in [0.2, 0.25) is 0 Å². The lowest BCUT2D eigenvalue weighted by atomic mass is 10.1. The smallest absolute Gasteiger partial charge is 0.124 e. The van der Waals surface area contributed by atoms with Gasteiger partial charge in [0.2, 0.25) is 0 Å². The number of aromatic nitrogens is 1. The number of nitrogen functional groups attached to an aromatic ring is 1. The van der Waals surface area contributed by atoms with Gasteiger partial charge in [0.05, 0.1) is 9.98 Å². The molecule has 0 fully saturated rings. The molecular formula is C10H9BrN2S. The van der Waals surface area contributed by atoms with E-state index >= 15 is 0 Å². The molecule has 0 amide bonds. The summed E-state index contributed by atoms with van der Waals surface area (Å²) in [4.78, 5) is 4.29. The van der Waals surface area contributed by atoms with E-state index in [1.54, 1.807) is 11.3 Å². The van der Waals surface area contributed by atoms with Gasteiger partial charge in [0.1, 0.15) is 5.01 Å². The van der Waals surface area contributed by atoms with Gasteiger partial charge >= 0.3 is 0 Å². The second-order valence-electron chi connectivity index (χ2n) is 3.04. The summed E-state index contributed by atoms with van der Waals surface area (Å²) in [6.45, 7) is 2.00. The maximum absolute atomic E-state index is 5.75. The minimum Gasteiger partial charge on any atom is -0.399 e. The Bertz CT molecular complexity index is 465. The van der Waals surface area contributed by atoms with E-state index < -0.39 is 0 Å². The van der Waals surface area contributed by atoms with Gasteiger partial charge in [-0.1, -0.05) is 0 Å². The van der Waals surface area contributed by atoms with Crippen molar-refractivity contribution in [3.05, 3.63) is 33.7 Å². The second-order valence-corrected chi connectivity index (χ2v) is 5.45. The van der Waals surface area contributed by atoms with Crippen molar-refractivity contribution in [1.82, 2.24) is 4.98 Å². The molecule has 0 unspecified atom stereocenters. The molecule has 4 heteroatoms. The summed E-state index contributed by atoms with van der Waals surface area (Å²) in [6, 6.07) is 5.97. The Hall–Kier alpha value is -0.870. The van der Waals surface area contributed by atoms with Crippen LogP contribution in [0.15, 0.2) is 28.2 Å². The van der Waals surface area contributed by atoms with Crippen LogP contribution in [0.4, 0.5) is 5.69 Å². The van der Waals surface area contributed by atoms with Gasteiger partial charge in [-0.25, -0.2) is 4.98 Å². The first-order chi connectivity index (χ1) is 6.66. The van der Waals surface area contributed by atoms with E-state index in [1.165, 1.54) is 0 Å². The molecule has 0 bridgehead atoms. The lowest BCUT2D eigenvalue weighted by Crippen LogP contribution is -1.88. The number of hydrogen-bond donors (Lipinski definition) is 1. The van der Waals surface area contributed by atoms with Gasteiger partial charge in [-0.2, -0.15) is 0 Å². The standard InChI is InChI=1S/C10H9BrN2S/c1-6-4-7(2-3-8(6)12)10-13-5-9(11)14-10/h2-5H,12H2,1H3. The molecule has 2 nitrogen and oxygen atoms in total. The molecule has 0 aliphatic rings. The largest absolute Gasteiger partial charge is 0.399 e. The van der Waals surface area contributed by atoms with E-state index in [2.05, 4.69) is 27.0 Å². The Morgan fingerprint density at radius 3 is 2.79 bits per heavy atom. The Kier molecular flexibility index (Phi) is 2.56. The summed E-state index contributed by atoms with van der Waals surface area (Å²) in [7, 11) is 0. The number of benzene rings is 1. The Morgan fingerprint density at radius 1 is 1.43 bits per heavy atom. The van der Waals surface area contributed by atoms with Gasteiger partial charge in [-0.05, 0) is 46.6 Å². The monoisotopic (exact) mass is 268 g/mol. The third-order valence-electron chi connectivity index (χ3n) is 1.99. The molecule has 2 aromatic rings. The van der Waals surface area contributed by atoms with Crippen LogP contribution in [0.3, 0.4) is 0 Å². The number of rotatable bonds is 1. The van der Waals surface area contributed by atoms with E-state index in [9.17, 15) is 0 Å². The molecule has 14 heavy (non-hydrogen) atoms. The molecule has 0 atom stereocenters. The maximum atomic E-state index is 5.75. The van der Waals surface area contributed by atoms with Crippen molar-refractivity contribution in [1.29, 1.82) is 0 Å². The van der Waals surface area contributed by atoms with Crippen LogP contribution in [0.1, 0.15) is 5.56 Å². The number of anilines is 1. The average Bonchev–Trinajstić information content (AvgIpc) is 2.57. The minimum atomic E-state index is 0.823. The maximum Gasteiger partial charge on any atom is 0.124 e. The van der Waals surface area contributed by atoms with Gasteiger partial charge < -0.3 is 5.73 Å². The number of thiazole rings is 1. The van der Waals surface area contributed by atoms with Crippen molar-refractivity contribution < 1.29 is 0 Å². The lowest BCUT2D eigenvalue weighted by molar-refractivity contribution is 1.39. The zero-order chi connectivity index (χ0) is 10.1. The molecule has 0 saturated carbocycles. The highest BCUT2D eigenvalue weighted by Crippen LogP contribution is 2.29. The summed E-state index contributed by atoms with van der Waals surface area (Å²) in [6.07, 6.45) is 1.81. The van der Waals surface area contributed by atoms with Crippen molar-refractivity contribution in [3.8, 4) is 10.6 Å². The fraction of sp³-hybridized carbons (Fsp3) is 0.100. The molecule has 1 aromatic heterocycles. The van der Waals surface area contributed by atoms with Crippen molar-refractivity contribution in [3.63, 3.8) is 0 Å². The zero-order valence-corrected chi connectivity index (χ0v) is 10.0. The molecular weight excluding hydrogens is 260 g/mol. The minimum absolute atomic E-state index is 0.823. The first-order valence-electron chi connectivity index (χ1n) is 4.14. The van der Waals surface area contributed by atoms with Gasteiger partial charge in [-0.15, -0.1) is 11.3 Å². The number of nitrogens with two attached hydrogens (primary N) is 1. The van der Waals surface area contributed by atoms with Crippen LogP contribution in [-0.4, -0.2) is 4.98 Å². The van der Waals surface area contributed by atoms with Crippen molar-refractivity contribution in [2.75, 3.05) is 5.73 Å². The van der Waals surface area contributed by atoms with Crippen molar-refractivity contribution in [2.24, 2.45) is 0 Å². The quantitative estimate of drug-likeness (QED) is 0.805. The third kappa shape index (κ3) is 1.81. The van der Waals surface area contributed by atoms with Gasteiger partial charge in [-0.3, -0.25) is 0 Å². The van der Waals surface area contributed by atoms with Crippen LogP contribution in [-0.2, 0) is 0 Å². The summed E-state index contributed by atoms with van der Waals surface area (Å²) in [5, 5.41) is 1.01. The van der Waals surface area contributed by atoms with E-state index in [-0.39, 0.29) is 0 Å². The Labute approximate surface area is 94.9 Å². The highest BCUT2D eigenvalue weighted by atomic mass is 79.9. The first kappa shape index (κ1) is 9.68. The normalized spacial score (nSPS) is 10.4. The highest BCUT2D eigenvalue weighted by Gasteiger charge is 2.04. The molecule has 2 N–H and O–H groups in total. The van der Waals surface area contributed by atoms with Gasteiger partial charge in [0, 0.05) is 11.3 Å². The number of hydrogen-bond acceptors (Lipinski definition) is 3. The molecule has 72 valence electrons. The fourth-order valence-corrected chi connectivity index (χ4v) is 2.40. The van der Waals surface area contributed by atoms with E-state index in [1.807, 2.05) is 25.3 Å². The summed E-state index contributed by atoms with van der Waals surface area (Å²) in [5.41, 5.74) is 8.78. The molecule has 1 aromatic carbocycles. The predicted molar refractivity (Wildman–Crippen MR) is 64.4 cm³/mol. The van der Waals surface area contributed by atoms with Crippen LogP contribution >= 0.6 is 27.3 Å². The number of aryl methyl sites for hydroxylation is 1. The predicted octanol–water partition coefficient (Wildman–Crippen LogP) is 3.46. The van der Waals surface area contributed by atoms with Crippen LogP contribution < -0.4 is 5.73 Å². The molecule has 0 aliphatic heterocycles. The van der Waals surface area contributed by atoms with Crippen molar-refractivity contribution in [2.45, 2.75) is 6.92 Å². The van der Waals surface area contributed by atoms with E-state index in [4.69, 9.17) is 5.73 Å². The fourth-order valence-electron chi connectivity index (χ4n) is 1.20. The number of nitrogens with zero attached hydrogens (tertiary/aromatic N) is 1. The Morgan fingerprint density at radius 2 is 2.21 bits per heavy atom. The highest BCUT2D eigenvalue weighted by molar-refractivity contribution is 9.11. The number of halogens is 1.